The molecule has 0 aliphatic carbocycles. The molecule has 2 rings (SSSR count). The summed E-state index contributed by atoms with van der Waals surface area (Å²) >= 11 is 0.858. The van der Waals surface area contributed by atoms with Crippen molar-refractivity contribution in [2.45, 2.75) is 45.4 Å². The first-order chi connectivity index (χ1) is 12.1. The second-order valence-corrected chi connectivity index (χ2v) is 6.81. The molecule has 4 nitrogen and oxygen atoms in total. The van der Waals surface area contributed by atoms with E-state index in [1.807, 2.05) is 25.3 Å². The van der Waals surface area contributed by atoms with Gasteiger partial charge >= 0.3 is 6.18 Å². The maximum atomic E-state index is 13.1. The Morgan fingerprint density at radius 1 is 1.31 bits per heavy atom. The van der Waals surface area contributed by atoms with E-state index in [1.54, 1.807) is 12.1 Å². The Hall–Kier alpha value is -2.27. The molecular weight excluding hydrogens is 363 g/mol. The van der Waals surface area contributed by atoms with Crippen LogP contribution in [-0.4, -0.2) is 21.1 Å². The van der Waals surface area contributed by atoms with Crippen LogP contribution in [-0.2, 0) is 12.7 Å². The van der Waals surface area contributed by atoms with E-state index in [2.05, 4.69) is 4.98 Å². The Labute approximate surface area is 154 Å². The van der Waals surface area contributed by atoms with Gasteiger partial charge < -0.3 is 4.57 Å². The lowest BCUT2D eigenvalue weighted by Gasteiger charge is -2.12. The van der Waals surface area contributed by atoms with Crippen molar-refractivity contribution in [3.63, 3.8) is 0 Å². The van der Waals surface area contributed by atoms with Crippen molar-refractivity contribution in [1.82, 2.24) is 9.55 Å². The molecule has 0 saturated carbocycles. The molecule has 0 atom stereocenters. The predicted molar refractivity (Wildman–Crippen MR) is 93.3 cm³/mol. The Morgan fingerprint density at radius 2 is 1.96 bits per heavy atom. The summed E-state index contributed by atoms with van der Waals surface area (Å²) in [6.07, 6.45) is -4.65. The Morgan fingerprint density at radius 3 is 2.46 bits per heavy atom. The molecule has 0 spiro atoms. The van der Waals surface area contributed by atoms with Crippen LogP contribution in [0.5, 0.6) is 0 Å². The smallest absolute Gasteiger partial charge is 0.349 e. The summed E-state index contributed by atoms with van der Waals surface area (Å²) in [6, 6.07) is 4.20. The molecule has 0 radical (unpaired) electrons. The lowest BCUT2D eigenvalue weighted by Crippen LogP contribution is -2.11. The Balaban J connectivity index is 2.32. The monoisotopic (exact) mass is 381 g/mol. The number of hydrogen-bond donors (Lipinski definition) is 0. The van der Waals surface area contributed by atoms with Gasteiger partial charge in [-0.2, -0.15) is 18.4 Å². The van der Waals surface area contributed by atoms with Crippen LogP contribution in [0.4, 0.5) is 13.2 Å². The summed E-state index contributed by atoms with van der Waals surface area (Å²) in [5.74, 6) is -0.292. The van der Waals surface area contributed by atoms with Crippen LogP contribution in [0, 0.1) is 32.1 Å². The maximum absolute atomic E-state index is 13.1. The van der Waals surface area contributed by atoms with E-state index in [-0.39, 0.29) is 22.3 Å². The number of aryl methyl sites for hydroxylation is 2. The number of alkyl halides is 3. The van der Waals surface area contributed by atoms with Gasteiger partial charge in [-0.1, -0.05) is 11.8 Å². The summed E-state index contributed by atoms with van der Waals surface area (Å²) in [5, 5.41) is 9.09. The third-order valence-corrected chi connectivity index (χ3v) is 5.04. The molecule has 0 aliphatic rings. The van der Waals surface area contributed by atoms with Crippen LogP contribution in [0.15, 0.2) is 17.2 Å². The van der Waals surface area contributed by atoms with Gasteiger partial charge in [-0.05, 0) is 39.8 Å². The van der Waals surface area contributed by atoms with Gasteiger partial charge in [0.05, 0.1) is 16.9 Å². The average molecular weight is 381 g/mol. The molecule has 138 valence electrons. The Kier molecular flexibility index (Phi) is 5.81. The van der Waals surface area contributed by atoms with Gasteiger partial charge in [-0.15, -0.1) is 0 Å². The molecule has 2 aromatic rings. The molecule has 2 aromatic heterocycles. The van der Waals surface area contributed by atoms with Gasteiger partial charge in [0, 0.05) is 29.2 Å². The number of aromatic nitrogens is 2. The van der Waals surface area contributed by atoms with E-state index in [9.17, 15) is 18.0 Å². The molecule has 0 amide bonds. The fourth-order valence-electron chi connectivity index (χ4n) is 2.86. The fourth-order valence-corrected chi connectivity index (χ4v) is 3.79. The van der Waals surface area contributed by atoms with Gasteiger partial charge in [0.25, 0.3) is 0 Å². The number of hydrogen-bond acceptors (Lipinski definition) is 4. The zero-order valence-electron chi connectivity index (χ0n) is 14.9. The molecule has 8 heteroatoms. The van der Waals surface area contributed by atoms with Crippen LogP contribution in [0.1, 0.15) is 45.5 Å². The zero-order chi connectivity index (χ0) is 19.6. The van der Waals surface area contributed by atoms with Crippen molar-refractivity contribution in [3.8, 4) is 6.07 Å². The number of ketones is 1. The van der Waals surface area contributed by atoms with E-state index in [1.165, 1.54) is 6.92 Å². The van der Waals surface area contributed by atoms with Crippen LogP contribution in [0.3, 0.4) is 0 Å². The molecule has 0 unspecified atom stereocenters. The minimum atomic E-state index is -4.65. The highest BCUT2D eigenvalue weighted by Crippen LogP contribution is 2.36. The number of thioether (sulfide) groups is 1. The van der Waals surface area contributed by atoms with Crippen molar-refractivity contribution in [3.05, 3.63) is 45.9 Å². The molecule has 0 aliphatic heterocycles. The number of carbonyl (C=O) groups is 1. The fraction of sp³-hybridized carbons (Fsp3) is 0.389. The van der Waals surface area contributed by atoms with Crippen LogP contribution in [0.25, 0.3) is 0 Å². The number of pyridine rings is 1. The average Bonchev–Trinajstić information content (AvgIpc) is 2.85. The first kappa shape index (κ1) is 20.0. The Bertz CT molecular complexity index is 895. The summed E-state index contributed by atoms with van der Waals surface area (Å²) in [6.45, 7) is 7.85. The van der Waals surface area contributed by atoms with Crippen LogP contribution >= 0.6 is 11.8 Å². The molecule has 0 fully saturated rings. The molecule has 0 N–H and O–H groups in total. The third-order valence-electron chi connectivity index (χ3n) is 4.06. The number of carbonyl (C=O) groups excluding carboxylic acids is 1. The standard InChI is InChI=1S/C18H18F3N3OS/c1-5-24-11(3)7-13(12(24)4)16(25)9-26-17-14(8-22)15(18(19,20)21)6-10(2)23-17/h6-7H,5,9H2,1-4H3. The number of nitrogens with zero attached hydrogens (tertiary/aromatic N) is 3. The van der Waals surface area contributed by atoms with Crippen molar-refractivity contribution in [2.24, 2.45) is 0 Å². The highest BCUT2D eigenvalue weighted by atomic mass is 32.2. The summed E-state index contributed by atoms with van der Waals surface area (Å²) < 4.78 is 41.4. The van der Waals surface area contributed by atoms with Crippen LogP contribution in [0.2, 0.25) is 0 Å². The topological polar surface area (TPSA) is 58.7 Å². The largest absolute Gasteiger partial charge is 0.417 e. The van der Waals surface area contributed by atoms with E-state index in [4.69, 9.17) is 5.26 Å². The first-order valence-electron chi connectivity index (χ1n) is 7.91. The van der Waals surface area contributed by atoms with Crippen molar-refractivity contribution >= 4 is 17.5 Å². The van der Waals surface area contributed by atoms with Crippen molar-refractivity contribution in [2.75, 3.05) is 5.75 Å². The van der Waals surface area contributed by atoms with Gasteiger partial charge in [0.1, 0.15) is 11.1 Å². The predicted octanol–water partition coefficient (Wildman–Crippen LogP) is 4.69. The molecule has 0 saturated heterocycles. The second-order valence-electron chi connectivity index (χ2n) is 5.84. The molecule has 26 heavy (non-hydrogen) atoms. The van der Waals surface area contributed by atoms with Crippen LogP contribution < -0.4 is 0 Å². The summed E-state index contributed by atoms with van der Waals surface area (Å²) in [5.41, 5.74) is 0.898. The van der Waals surface area contributed by atoms with E-state index in [0.717, 1.165) is 35.8 Å². The summed E-state index contributed by atoms with van der Waals surface area (Å²) in [7, 11) is 0. The van der Waals surface area contributed by atoms with E-state index in [0.29, 0.717) is 5.56 Å². The number of rotatable bonds is 5. The number of Topliss-reactive ketones (excluding diaryl/α,β-unsaturated/α-hetero) is 1. The number of halogens is 3. The molecular formula is C18H18F3N3OS. The minimum absolute atomic E-state index is 0.0718. The molecule has 2 heterocycles. The lowest BCUT2D eigenvalue weighted by molar-refractivity contribution is -0.138. The molecule has 0 aromatic carbocycles. The van der Waals surface area contributed by atoms with Gasteiger partial charge in [0.15, 0.2) is 5.78 Å². The molecule has 0 bridgehead atoms. The van der Waals surface area contributed by atoms with E-state index < -0.39 is 17.3 Å². The van der Waals surface area contributed by atoms with Crippen molar-refractivity contribution in [1.29, 1.82) is 5.26 Å². The highest BCUT2D eigenvalue weighted by molar-refractivity contribution is 8.00. The third kappa shape index (κ3) is 3.93. The van der Waals surface area contributed by atoms with Gasteiger partial charge in [-0.3, -0.25) is 4.79 Å². The van der Waals surface area contributed by atoms with Gasteiger partial charge in [0.2, 0.25) is 0 Å². The van der Waals surface area contributed by atoms with Crippen molar-refractivity contribution < 1.29 is 18.0 Å². The second kappa shape index (κ2) is 7.54. The lowest BCUT2D eigenvalue weighted by atomic mass is 10.1. The zero-order valence-corrected chi connectivity index (χ0v) is 15.7. The maximum Gasteiger partial charge on any atom is 0.417 e. The highest BCUT2D eigenvalue weighted by Gasteiger charge is 2.35. The first-order valence-corrected chi connectivity index (χ1v) is 8.90. The normalized spacial score (nSPS) is 11.5. The summed E-state index contributed by atoms with van der Waals surface area (Å²) in [4.78, 5) is 16.5. The van der Waals surface area contributed by atoms with E-state index >= 15 is 0 Å². The van der Waals surface area contributed by atoms with Gasteiger partial charge in [-0.25, -0.2) is 4.98 Å². The minimum Gasteiger partial charge on any atom is -0.349 e. The SMILES string of the molecule is CCn1c(C)cc(C(=O)CSc2nc(C)cc(C(F)(F)F)c2C#N)c1C. The number of nitriles is 1. The quantitative estimate of drug-likeness (QED) is 0.557.